The van der Waals surface area contributed by atoms with Gasteiger partial charge in [0.15, 0.2) is 0 Å². The lowest BCUT2D eigenvalue weighted by Crippen LogP contribution is -2.16. The fraction of sp³-hybridized carbons (Fsp3) is 0.579. The van der Waals surface area contributed by atoms with E-state index in [9.17, 15) is 5.11 Å². The Hall–Kier alpha value is -1.08. The quantitative estimate of drug-likeness (QED) is 0.499. The third-order valence-electron chi connectivity index (χ3n) is 5.01. The van der Waals surface area contributed by atoms with Gasteiger partial charge in [0.1, 0.15) is 0 Å². The first-order valence-electron chi connectivity index (χ1n) is 8.07. The van der Waals surface area contributed by atoms with Gasteiger partial charge in [0.05, 0.1) is 0 Å². The molecule has 1 N–H and O–H groups in total. The minimum absolute atomic E-state index is 0.269. The summed E-state index contributed by atoms with van der Waals surface area (Å²) in [5.74, 6) is 0.856. The molecule has 0 spiro atoms. The molecule has 0 heterocycles. The zero-order valence-corrected chi connectivity index (χ0v) is 12.7. The molecule has 3 atom stereocenters. The molecule has 1 aliphatic carbocycles. The smallest absolute Gasteiger partial charge is 0.0465 e. The monoisotopic (exact) mass is 272 g/mol. The van der Waals surface area contributed by atoms with Crippen molar-refractivity contribution >= 4 is 0 Å². The Morgan fingerprint density at radius 1 is 1.30 bits per heavy atom. The highest BCUT2D eigenvalue weighted by Gasteiger charge is 2.56. The molecule has 1 aromatic rings. The Morgan fingerprint density at radius 2 is 2.05 bits per heavy atom. The van der Waals surface area contributed by atoms with E-state index in [4.69, 9.17) is 0 Å². The lowest BCUT2D eigenvalue weighted by atomic mass is 9.78. The molecule has 1 aliphatic rings. The second-order valence-electron chi connectivity index (χ2n) is 6.25. The van der Waals surface area contributed by atoms with Crippen LogP contribution in [-0.4, -0.2) is 11.7 Å². The predicted molar refractivity (Wildman–Crippen MR) is 85.8 cm³/mol. The number of unbranched alkanes of at least 4 members (excludes halogenated alkanes) is 3. The zero-order chi connectivity index (χ0) is 14.4. The molecule has 0 aromatic heterocycles. The number of hydrogen-bond acceptors (Lipinski definition) is 1. The van der Waals surface area contributed by atoms with Crippen LogP contribution < -0.4 is 0 Å². The summed E-state index contributed by atoms with van der Waals surface area (Å²) in [4.78, 5) is 0. The molecule has 0 aliphatic heterocycles. The van der Waals surface area contributed by atoms with Gasteiger partial charge in [0, 0.05) is 12.5 Å². The minimum atomic E-state index is 0.269. The minimum Gasteiger partial charge on any atom is -0.396 e. The van der Waals surface area contributed by atoms with E-state index in [0.717, 1.165) is 6.42 Å². The molecule has 0 bridgehead atoms. The molecule has 0 amide bonds. The predicted octanol–water partition coefficient (Wildman–Crippen LogP) is 4.93. The lowest BCUT2D eigenvalue weighted by Gasteiger charge is -2.26. The van der Waals surface area contributed by atoms with E-state index < -0.39 is 0 Å². The molecule has 0 radical (unpaired) electrons. The number of aliphatic hydroxyl groups excluding tert-OH is 1. The standard InChI is InChI=1S/C19H28O/c1-3-5-6-10-13-19(14-17(19)15-20)18(4-2)16-11-8-7-9-12-16/h4,7-9,11-12,17-18,20H,2-3,5-6,10,13-15H2,1H3/t17-,18?,19-/m0/s1. The van der Waals surface area contributed by atoms with Crippen molar-refractivity contribution in [2.75, 3.05) is 6.61 Å². The van der Waals surface area contributed by atoms with Gasteiger partial charge in [-0.1, -0.05) is 69.0 Å². The second-order valence-corrected chi connectivity index (χ2v) is 6.25. The van der Waals surface area contributed by atoms with Gasteiger partial charge in [-0.25, -0.2) is 0 Å². The first-order valence-corrected chi connectivity index (χ1v) is 8.07. The number of rotatable bonds is 9. The van der Waals surface area contributed by atoms with Crippen molar-refractivity contribution in [3.8, 4) is 0 Å². The van der Waals surface area contributed by atoms with Crippen LogP contribution in [0.3, 0.4) is 0 Å². The Bertz CT molecular complexity index is 411. The van der Waals surface area contributed by atoms with Crippen molar-refractivity contribution < 1.29 is 5.11 Å². The van der Waals surface area contributed by atoms with Crippen LogP contribution in [0.15, 0.2) is 43.0 Å². The third-order valence-corrected chi connectivity index (χ3v) is 5.01. The van der Waals surface area contributed by atoms with Crippen molar-refractivity contribution in [2.45, 2.75) is 51.4 Å². The average molecular weight is 272 g/mol. The molecule has 1 nitrogen and oxygen atoms in total. The Morgan fingerprint density at radius 3 is 2.60 bits per heavy atom. The van der Waals surface area contributed by atoms with Gasteiger partial charge in [-0.3, -0.25) is 0 Å². The largest absolute Gasteiger partial charge is 0.396 e. The number of aliphatic hydroxyl groups is 1. The molecule has 1 fully saturated rings. The van der Waals surface area contributed by atoms with Crippen LogP contribution in [0.4, 0.5) is 0 Å². The van der Waals surface area contributed by atoms with Crippen molar-refractivity contribution in [3.05, 3.63) is 48.6 Å². The zero-order valence-electron chi connectivity index (χ0n) is 12.7. The molecule has 1 heteroatoms. The molecular weight excluding hydrogens is 244 g/mol. The Labute approximate surface area is 123 Å². The molecule has 0 saturated heterocycles. The number of hydrogen-bond donors (Lipinski definition) is 1. The summed E-state index contributed by atoms with van der Waals surface area (Å²) in [6.07, 6.45) is 9.68. The van der Waals surface area contributed by atoms with E-state index in [0.29, 0.717) is 18.4 Å². The number of allylic oxidation sites excluding steroid dienone is 1. The summed E-state index contributed by atoms with van der Waals surface area (Å²) >= 11 is 0. The Kier molecular flexibility index (Phi) is 5.42. The SMILES string of the molecule is C=CC(c1ccccc1)[C@@]1(CCCCCC)C[C@H]1CO. The summed E-state index contributed by atoms with van der Waals surface area (Å²) in [6.45, 7) is 6.65. The maximum absolute atomic E-state index is 9.60. The van der Waals surface area contributed by atoms with Crippen LogP contribution in [0, 0.1) is 11.3 Å². The molecular formula is C19H28O. The van der Waals surface area contributed by atoms with Gasteiger partial charge in [0.25, 0.3) is 0 Å². The first kappa shape index (κ1) is 15.3. The molecule has 1 unspecified atom stereocenters. The highest BCUT2D eigenvalue weighted by atomic mass is 16.3. The highest BCUT2D eigenvalue weighted by Crippen LogP contribution is 2.64. The van der Waals surface area contributed by atoms with E-state index in [1.807, 2.05) is 0 Å². The van der Waals surface area contributed by atoms with Crippen LogP contribution in [0.2, 0.25) is 0 Å². The van der Waals surface area contributed by atoms with Crippen LogP contribution >= 0.6 is 0 Å². The van der Waals surface area contributed by atoms with Crippen molar-refractivity contribution in [1.29, 1.82) is 0 Å². The van der Waals surface area contributed by atoms with Crippen LogP contribution in [0.5, 0.6) is 0 Å². The maximum atomic E-state index is 9.60. The maximum Gasteiger partial charge on any atom is 0.0465 e. The molecule has 1 saturated carbocycles. The van der Waals surface area contributed by atoms with E-state index in [2.05, 4.69) is 49.9 Å². The summed E-state index contributed by atoms with van der Waals surface area (Å²) in [6, 6.07) is 10.7. The third kappa shape index (κ3) is 3.15. The van der Waals surface area contributed by atoms with Crippen molar-refractivity contribution in [1.82, 2.24) is 0 Å². The van der Waals surface area contributed by atoms with Crippen LogP contribution in [0.1, 0.15) is 56.9 Å². The topological polar surface area (TPSA) is 20.2 Å². The lowest BCUT2D eigenvalue weighted by molar-refractivity contribution is 0.233. The van der Waals surface area contributed by atoms with Gasteiger partial charge < -0.3 is 5.11 Å². The van der Waals surface area contributed by atoms with Crippen molar-refractivity contribution in [3.63, 3.8) is 0 Å². The average Bonchev–Trinajstić information content (AvgIpc) is 3.20. The fourth-order valence-electron chi connectivity index (χ4n) is 3.73. The van der Waals surface area contributed by atoms with Gasteiger partial charge in [-0.2, -0.15) is 0 Å². The van der Waals surface area contributed by atoms with Crippen LogP contribution in [0.25, 0.3) is 0 Å². The molecule has 2 rings (SSSR count). The van der Waals surface area contributed by atoms with E-state index >= 15 is 0 Å². The van der Waals surface area contributed by atoms with Gasteiger partial charge in [-0.05, 0) is 29.7 Å². The van der Waals surface area contributed by atoms with Crippen molar-refractivity contribution in [2.24, 2.45) is 11.3 Å². The molecule has 20 heavy (non-hydrogen) atoms. The molecule has 1 aromatic carbocycles. The van der Waals surface area contributed by atoms with E-state index in [1.165, 1.54) is 37.7 Å². The fourth-order valence-corrected chi connectivity index (χ4v) is 3.73. The second kappa shape index (κ2) is 7.08. The number of benzene rings is 1. The van der Waals surface area contributed by atoms with Crippen LogP contribution in [-0.2, 0) is 0 Å². The summed E-state index contributed by atoms with van der Waals surface area (Å²) < 4.78 is 0. The van der Waals surface area contributed by atoms with Gasteiger partial charge in [-0.15, -0.1) is 6.58 Å². The van der Waals surface area contributed by atoms with E-state index in [1.54, 1.807) is 0 Å². The first-order chi connectivity index (χ1) is 9.78. The van der Waals surface area contributed by atoms with Gasteiger partial charge in [0.2, 0.25) is 0 Å². The summed E-state index contributed by atoms with van der Waals surface area (Å²) in [5, 5.41) is 9.60. The van der Waals surface area contributed by atoms with E-state index in [-0.39, 0.29) is 5.41 Å². The summed E-state index contributed by atoms with van der Waals surface area (Å²) in [7, 11) is 0. The van der Waals surface area contributed by atoms with Gasteiger partial charge >= 0.3 is 0 Å². The summed E-state index contributed by atoms with van der Waals surface area (Å²) in [5.41, 5.74) is 1.62. The molecule has 110 valence electrons. The normalized spacial score (nSPS) is 26.2. The Balaban J connectivity index is 2.09. The highest BCUT2D eigenvalue weighted by molar-refractivity contribution is 5.30.